The first-order chi connectivity index (χ1) is 8.90. The molecule has 4 rings (SSSR count). The molecule has 2 aliphatic rings. The zero-order chi connectivity index (χ0) is 12.0. The number of hydrogen-bond donors (Lipinski definition) is 1. The van der Waals surface area contributed by atoms with Crippen molar-refractivity contribution in [2.45, 2.75) is 24.8 Å². The molecule has 0 aromatic heterocycles. The topological polar surface area (TPSA) is 12.0 Å². The number of fused-ring (bicyclic) bond motifs is 4. The molecule has 1 spiro atoms. The molecular formula is C17H17N. The molecular weight excluding hydrogens is 218 g/mol. The van der Waals surface area contributed by atoms with E-state index in [-0.39, 0.29) is 5.54 Å². The first kappa shape index (κ1) is 10.3. The smallest absolute Gasteiger partial charge is 0.0699 e. The number of hydrogen-bond acceptors (Lipinski definition) is 1. The van der Waals surface area contributed by atoms with E-state index in [1.54, 1.807) is 0 Å². The molecule has 1 heteroatoms. The van der Waals surface area contributed by atoms with Crippen LogP contribution < -0.4 is 5.32 Å². The van der Waals surface area contributed by atoms with Gasteiger partial charge in [0, 0.05) is 6.54 Å². The molecule has 0 bridgehead atoms. The summed E-state index contributed by atoms with van der Waals surface area (Å²) in [6, 6.07) is 17.9. The van der Waals surface area contributed by atoms with Crippen molar-refractivity contribution < 1.29 is 0 Å². The van der Waals surface area contributed by atoms with Gasteiger partial charge in [0.25, 0.3) is 0 Å². The summed E-state index contributed by atoms with van der Waals surface area (Å²) in [6.07, 6.45) is 3.54. The third kappa shape index (κ3) is 1.25. The van der Waals surface area contributed by atoms with Crippen LogP contribution in [0.3, 0.4) is 0 Å². The number of rotatable bonds is 0. The Bertz CT molecular complexity index is 602. The maximum atomic E-state index is 3.81. The van der Waals surface area contributed by atoms with Crippen LogP contribution in [0.1, 0.15) is 28.7 Å². The summed E-state index contributed by atoms with van der Waals surface area (Å²) < 4.78 is 0. The summed E-state index contributed by atoms with van der Waals surface area (Å²) in [7, 11) is 0. The highest BCUT2D eigenvalue weighted by molar-refractivity contribution is 5.51. The second-order valence-electron chi connectivity index (χ2n) is 5.40. The Kier molecular flexibility index (Phi) is 2.12. The average Bonchev–Trinajstić information content (AvgIpc) is 2.80. The van der Waals surface area contributed by atoms with Gasteiger partial charge in [0.15, 0.2) is 0 Å². The van der Waals surface area contributed by atoms with Crippen molar-refractivity contribution in [3.05, 3.63) is 70.8 Å². The number of aryl methyl sites for hydroxylation is 1. The van der Waals surface area contributed by atoms with E-state index in [0.29, 0.717) is 0 Å². The van der Waals surface area contributed by atoms with Gasteiger partial charge in [-0.05, 0) is 41.5 Å². The minimum atomic E-state index is 0.0887. The van der Waals surface area contributed by atoms with Crippen LogP contribution in [0.15, 0.2) is 48.5 Å². The fourth-order valence-corrected chi connectivity index (χ4v) is 3.74. The third-order valence-electron chi connectivity index (χ3n) is 4.54. The van der Waals surface area contributed by atoms with Crippen molar-refractivity contribution in [1.29, 1.82) is 0 Å². The lowest BCUT2D eigenvalue weighted by atomic mass is 9.78. The summed E-state index contributed by atoms with van der Waals surface area (Å²) in [5, 5.41) is 3.81. The lowest BCUT2D eigenvalue weighted by Gasteiger charge is -2.38. The number of nitrogens with one attached hydrogen (secondary N) is 1. The largest absolute Gasteiger partial charge is 0.303 e. The van der Waals surface area contributed by atoms with Crippen LogP contribution in [0.4, 0.5) is 0 Å². The molecule has 18 heavy (non-hydrogen) atoms. The van der Waals surface area contributed by atoms with E-state index in [1.807, 2.05) is 0 Å². The second kappa shape index (κ2) is 3.69. The summed E-state index contributed by atoms with van der Waals surface area (Å²) in [5.41, 5.74) is 6.12. The van der Waals surface area contributed by atoms with Crippen molar-refractivity contribution in [2.75, 3.05) is 6.54 Å². The fraction of sp³-hybridized carbons (Fsp3) is 0.294. The van der Waals surface area contributed by atoms with Gasteiger partial charge in [0.05, 0.1) is 5.54 Å². The first-order valence-corrected chi connectivity index (χ1v) is 6.82. The van der Waals surface area contributed by atoms with E-state index in [0.717, 1.165) is 13.0 Å². The molecule has 1 nitrogen and oxygen atoms in total. The van der Waals surface area contributed by atoms with Crippen molar-refractivity contribution in [2.24, 2.45) is 0 Å². The molecule has 1 aliphatic carbocycles. The molecule has 0 amide bonds. The van der Waals surface area contributed by atoms with Crippen molar-refractivity contribution >= 4 is 0 Å². The molecule has 0 fully saturated rings. The Labute approximate surface area is 108 Å². The monoisotopic (exact) mass is 235 g/mol. The van der Waals surface area contributed by atoms with Gasteiger partial charge in [-0.2, -0.15) is 0 Å². The van der Waals surface area contributed by atoms with Crippen LogP contribution in [0.25, 0.3) is 0 Å². The molecule has 1 N–H and O–H groups in total. The molecule has 2 aromatic rings. The van der Waals surface area contributed by atoms with Gasteiger partial charge in [-0.15, -0.1) is 0 Å². The van der Waals surface area contributed by atoms with Gasteiger partial charge in [0.2, 0.25) is 0 Å². The second-order valence-corrected chi connectivity index (χ2v) is 5.40. The van der Waals surface area contributed by atoms with Gasteiger partial charge in [-0.1, -0.05) is 48.5 Å². The zero-order valence-corrected chi connectivity index (χ0v) is 10.4. The molecule has 2 aromatic carbocycles. The molecule has 1 unspecified atom stereocenters. The normalized spacial score (nSPS) is 24.9. The van der Waals surface area contributed by atoms with Gasteiger partial charge in [-0.25, -0.2) is 0 Å². The Balaban J connectivity index is 1.97. The zero-order valence-electron chi connectivity index (χ0n) is 10.4. The van der Waals surface area contributed by atoms with E-state index < -0.39 is 0 Å². The molecule has 1 atom stereocenters. The fourth-order valence-electron chi connectivity index (χ4n) is 3.74. The highest BCUT2D eigenvalue weighted by Crippen LogP contribution is 2.44. The maximum Gasteiger partial charge on any atom is 0.0699 e. The van der Waals surface area contributed by atoms with Gasteiger partial charge >= 0.3 is 0 Å². The van der Waals surface area contributed by atoms with Crippen molar-refractivity contribution in [3.8, 4) is 0 Å². The standard InChI is InChI=1S/C17H17N/c1-3-7-15-13(5-1)9-11-17(15)16-8-4-2-6-14(16)10-12-18-17/h1-8,18H,9-12H2. The Morgan fingerprint density at radius 3 is 2.11 bits per heavy atom. The van der Waals surface area contributed by atoms with E-state index in [1.165, 1.54) is 35.1 Å². The minimum Gasteiger partial charge on any atom is -0.303 e. The van der Waals surface area contributed by atoms with Crippen LogP contribution in [-0.4, -0.2) is 6.54 Å². The summed E-state index contributed by atoms with van der Waals surface area (Å²) in [6.45, 7) is 1.09. The van der Waals surface area contributed by atoms with Crippen molar-refractivity contribution in [1.82, 2.24) is 5.32 Å². The van der Waals surface area contributed by atoms with E-state index in [2.05, 4.69) is 53.8 Å². The molecule has 90 valence electrons. The van der Waals surface area contributed by atoms with Crippen LogP contribution in [-0.2, 0) is 18.4 Å². The molecule has 0 saturated carbocycles. The summed E-state index contributed by atoms with van der Waals surface area (Å²) >= 11 is 0. The van der Waals surface area contributed by atoms with Crippen LogP contribution in [0.2, 0.25) is 0 Å². The lowest BCUT2D eigenvalue weighted by Crippen LogP contribution is -2.46. The van der Waals surface area contributed by atoms with Crippen molar-refractivity contribution in [3.63, 3.8) is 0 Å². The Hall–Kier alpha value is -1.60. The van der Waals surface area contributed by atoms with E-state index in [4.69, 9.17) is 0 Å². The van der Waals surface area contributed by atoms with Gasteiger partial charge < -0.3 is 5.32 Å². The highest BCUT2D eigenvalue weighted by atomic mass is 15.0. The predicted octanol–water partition coefficient (Wildman–Crippen LogP) is 3.02. The average molecular weight is 235 g/mol. The van der Waals surface area contributed by atoms with E-state index in [9.17, 15) is 0 Å². The third-order valence-corrected chi connectivity index (χ3v) is 4.54. The molecule has 0 saturated heterocycles. The Morgan fingerprint density at radius 1 is 0.778 bits per heavy atom. The lowest BCUT2D eigenvalue weighted by molar-refractivity contribution is 0.378. The van der Waals surface area contributed by atoms with Gasteiger partial charge in [0.1, 0.15) is 0 Å². The van der Waals surface area contributed by atoms with Gasteiger partial charge in [-0.3, -0.25) is 0 Å². The molecule has 0 radical (unpaired) electrons. The maximum absolute atomic E-state index is 3.81. The van der Waals surface area contributed by atoms with Crippen LogP contribution >= 0.6 is 0 Å². The predicted molar refractivity (Wildman–Crippen MR) is 73.7 cm³/mol. The van der Waals surface area contributed by atoms with E-state index >= 15 is 0 Å². The van der Waals surface area contributed by atoms with Crippen LogP contribution in [0.5, 0.6) is 0 Å². The molecule has 1 heterocycles. The summed E-state index contributed by atoms with van der Waals surface area (Å²) in [4.78, 5) is 0. The Morgan fingerprint density at radius 2 is 1.39 bits per heavy atom. The van der Waals surface area contributed by atoms with Crippen LogP contribution in [0, 0.1) is 0 Å². The number of benzene rings is 2. The summed E-state index contributed by atoms with van der Waals surface area (Å²) in [5.74, 6) is 0. The first-order valence-electron chi connectivity index (χ1n) is 6.82. The SMILES string of the molecule is c1ccc2c(c1)CCNC21CCc2ccccc21. The minimum absolute atomic E-state index is 0.0887. The molecule has 1 aliphatic heterocycles. The highest BCUT2D eigenvalue weighted by Gasteiger charge is 2.42. The quantitative estimate of drug-likeness (QED) is 0.740.